The normalized spacial score (nSPS) is 14.8. The van der Waals surface area contributed by atoms with Crippen molar-refractivity contribution in [3.8, 4) is 0 Å². The molecule has 3 rings (SSSR count). The average molecular weight is 378 g/mol. The van der Waals surface area contributed by atoms with Crippen molar-refractivity contribution in [2.24, 2.45) is 0 Å². The van der Waals surface area contributed by atoms with E-state index in [4.69, 9.17) is 16.8 Å². The van der Waals surface area contributed by atoms with Gasteiger partial charge in [0.05, 0.1) is 0 Å². The minimum absolute atomic E-state index is 0.0917. The first kappa shape index (κ1) is 18.6. The first-order chi connectivity index (χ1) is 12.7. The molecule has 0 spiro atoms. The van der Waals surface area contributed by atoms with E-state index in [1.54, 1.807) is 0 Å². The maximum Gasteiger partial charge on any atom is 0.253 e. The van der Waals surface area contributed by atoms with Crippen molar-refractivity contribution >= 4 is 29.4 Å². The fraction of sp³-hybridized carbons (Fsp3) is 0.471. The third kappa shape index (κ3) is 5.69. The van der Waals surface area contributed by atoms with Gasteiger partial charge in [0.15, 0.2) is 0 Å². The van der Waals surface area contributed by atoms with Crippen LogP contribution in [-0.4, -0.2) is 51.2 Å². The van der Waals surface area contributed by atoms with Crippen LogP contribution in [-0.2, 0) is 6.54 Å². The van der Waals surface area contributed by atoms with Gasteiger partial charge in [-0.2, -0.15) is 15.0 Å². The van der Waals surface area contributed by atoms with Crippen molar-refractivity contribution in [1.29, 1.82) is 0 Å². The molecule has 26 heavy (non-hydrogen) atoms. The number of anilines is 3. The van der Waals surface area contributed by atoms with Gasteiger partial charge in [0, 0.05) is 24.7 Å². The SMILES string of the molecule is ONc1nc(NCCN2CCCCC2)nc(NCc2cccc(Cl)c2)n1. The summed E-state index contributed by atoms with van der Waals surface area (Å²) in [5, 5.41) is 16.2. The fourth-order valence-corrected chi connectivity index (χ4v) is 3.13. The number of benzene rings is 1. The molecule has 0 saturated carbocycles. The standard InChI is InChI=1S/C17H24ClN7O/c18-14-6-4-5-13(11-14)12-20-16-21-15(22-17(23-16)24-26)19-7-10-25-8-2-1-3-9-25/h4-6,11,26H,1-3,7-10,12H2,(H3,19,20,21,22,23,24). The van der Waals surface area contributed by atoms with E-state index >= 15 is 0 Å². The monoisotopic (exact) mass is 377 g/mol. The maximum absolute atomic E-state index is 9.15. The Balaban J connectivity index is 1.56. The summed E-state index contributed by atoms with van der Waals surface area (Å²) in [4.78, 5) is 15.0. The summed E-state index contributed by atoms with van der Waals surface area (Å²) in [6.45, 7) is 4.49. The Morgan fingerprint density at radius 2 is 1.73 bits per heavy atom. The van der Waals surface area contributed by atoms with Gasteiger partial charge >= 0.3 is 0 Å². The lowest BCUT2D eigenvalue weighted by molar-refractivity contribution is 0.237. The van der Waals surface area contributed by atoms with Gasteiger partial charge in [-0.25, -0.2) is 5.48 Å². The van der Waals surface area contributed by atoms with E-state index in [1.807, 2.05) is 29.7 Å². The smallest absolute Gasteiger partial charge is 0.253 e. The number of hydrogen-bond acceptors (Lipinski definition) is 8. The molecule has 1 saturated heterocycles. The maximum atomic E-state index is 9.15. The Labute approximate surface area is 158 Å². The van der Waals surface area contributed by atoms with Gasteiger partial charge in [0.25, 0.3) is 5.95 Å². The zero-order valence-electron chi connectivity index (χ0n) is 14.6. The van der Waals surface area contributed by atoms with Crippen LogP contribution >= 0.6 is 11.6 Å². The first-order valence-electron chi connectivity index (χ1n) is 8.83. The number of nitrogens with one attached hydrogen (secondary N) is 3. The highest BCUT2D eigenvalue weighted by Gasteiger charge is 2.10. The second-order valence-corrected chi connectivity index (χ2v) is 6.67. The predicted molar refractivity (Wildman–Crippen MR) is 103 cm³/mol. The number of rotatable bonds is 8. The molecule has 0 amide bonds. The van der Waals surface area contributed by atoms with Gasteiger partial charge < -0.3 is 15.5 Å². The Kier molecular flexibility index (Phi) is 6.82. The molecule has 0 bridgehead atoms. The molecule has 1 aliphatic heterocycles. The number of likely N-dealkylation sites (tertiary alicyclic amines) is 1. The second kappa shape index (κ2) is 9.51. The summed E-state index contributed by atoms with van der Waals surface area (Å²) >= 11 is 5.99. The first-order valence-corrected chi connectivity index (χ1v) is 9.21. The fourth-order valence-electron chi connectivity index (χ4n) is 2.92. The van der Waals surface area contributed by atoms with E-state index in [-0.39, 0.29) is 5.95 Å². The molecule has 1 aromatic heterocycles. The van der Waals surface area contributed by atoms with Gasteiger partial charge in [0.2, 0.25) is 11.9 Å². The highest BCUT2D eigenvalue weighted by Crippen LogP contribution is 2.14. The van der Waals surface area contributed by atoms with Crippen molar-refractivity contribution in [3.05, 3.63) is 34.9 Å². The van der Waals surface area contributed by atoms with Gasteiger partial charge in [-0.3, -0.25) is 5.21 Å². The van der Waals surface area contributed by atoms with Crippen molar-refractivity contribution in [2.45, 2.75) is 25.8 Å². The lowest BCUT2D eigenvalue weighted by atomic mass is 10.1. The van der Waals surface area contributed by atoms with E-state index < -0.39 is 0 Å². The molecule has 1 aromatic carbocycles. The molecular formula is C17H24ClN7O. The van der Waals surface area contributed by atoms with Gasteiger partial charge in [-0.1, -0.05) is 30.2 Å². The molecular weight excluding hydrogens is 354 g/mol. The van der Waals surface area contributed by atoms with Crippen LogP contribution in [0.2, 0.25) is 5.02 Å². The Bertz CT molecular complexity index is 709. The third-order valence-electron chi connectivity index (χ3n) is 4.23. The molecule has 8 nitrogen and oxygen atoms in total. The quantitative estimate of drug-likeness (QED) is 0.521. The highest BCUT2D eigenvalue weighted by molar-refractivity contribution is 6.30. The van der Waals surface area contributed by atoms with Crippen LogP contribution in [0.25, 0.3) is 0 Å². The molecule has 0 atom stereocenters. The molecule has 2 aromatic rings. The van der Waals surface area contributed by atoms with Crippen molar-refractivity contribution in [2.75, 3.05) is 42.3 Å². The zero-order valence-corrected chi connectivity index (χ0v) is 15.3. The van der Waals surface area contributed by atoms with Crippen LogP contribution in [0.1, 0.15) is 24.8 Å². The summed E-state index contributed by atoms with van der Waals surface area (Å²) in [5.74, 6) is 0.883. The number of halogens is 1. The predicted octanol–water partition coefficient (Wildman–Crippen LogP) is 2.84. The minimum Gasteiger partial charge on any atom is -0.353 e. The molecule has 140 valence electrons. The van der Waals surface area contributed by atoms with Crippen molar-refractivity contribution in [1.82, 2.24) is 19.9 Å². The topological polar surface area (TPSA) is 98.2 Å². The van der Waals surface area contributed by atoms with Crippen LogP contribution in [0, 0.1) is 0 Å². The molecule has 0 unspecified atom stereocenters. The Morgan fingerprint density at radius 3 is 2.46 bits per heavy atom. The van der Waals surface area contributed by atoms with E-state index in [0.717, 1.165) is 31.7 Å². The van der Waals surface area contributed by atoms with Gasteiger partial charge in [-0.05, 0) is 43.6 Å². The number of hydrogen-bond donors (Lipinski definition) is 4. The Morgan fingerprint density at radius 1 is 1.00 bits per heavy atom. The van der Waals surface area contributed by atoms with E-state index in [9.17, 15) is 0 Å². The van der Waals surface area contributed by atoms with Gasteiger partial charge in [-0.15, -0.1) is 0 Å². The number of nitrogens with zero attached hydrogens (tertiary/aromatic N) is 4. The summed E-state index contributed by atoms with van der Waals surface area (Å²) < 4.78 is 0. The lowest BCUT2D eigenvalue weighted by Crippen LogP contribution is -2.34. The van der Waals surface area contributed by atoms with E-state index in [2.05, 4.69) is 30.5 Å². The highest BCUT2D eigenvalue weighted by atomic mass is 35.5. The molecule has 0 aliphatic carbocycles. The summed E-state index contributed by atoms with van der Waals surface area (Å²) in [6, 6.07) is 7.55. The summed E-state index contributed by atoms with van der Waals surface area (Å²) in [5.41, 5.74) is 2.99. The second-order valence-electron chi connectivity index (χ2n) is 6.23. The minimum atomic E-state index is 0.0917. The largest absolute Gasteiger partial charge is 0.353 e. The van der Waals surface area contributed by atoms with Crippen LogP contribution in [0.3, 0.4) is 0 Å². The van der Waals surface area contributed by atoms with Gasteiger partial charge in [0.1, 0.15) is 0 Å². The summed E-state index contributed by atoms with van der Waals surface area (Å²) in [7, 11) is 0. The molecule has 1 aliphatic rings. The molecule has 4 N–H and O–H groups in total. The summed E-state index contributed by atoms with van der Waals surface area (Å²) in [6.07, 6.45) is 3.86. The van der Waals surface area contributed by atoms with Crippen LogP contribution in [0.15, 0.2) is 24.3 Å². The van der Waals surface area contributed by atoms with E-state index in [0.29, 0.717) is 23.5 Å². The van der Waals surface area contributed by atoms with Crippen LogP contribution in [0.4, 0.5) is 17.8 Å². The third-order valence-corrected chi connectivity index (χ3v) is 4.47. The zero-order chi connectivity index (χ0) is 18.2. The van der Waals surface area contributed by atoms with Crippen molar-refractivity contribution in [3.63, 3.8) is 0 Å². The average Bonchev–Trinajstić information content (AvgIpc) is 2.67. The molecule has 9 heteroatoms. The molecule has 0 radical (unpaired) electrons. The van der Waals surface area contributed by atoms with E-state index in [1.165, 1.54) is 19.3 Å². The number of piperidine rings is 1. The van der Waals surface area contributed by atoms with Crippen LogP contribution in [0.5, 0.6) is 0 Å². The molecule has 1 fully saturated rings. The van der Waals surface area contributed by atoms with Crippen LogP contribution < -0.4 is 16.1 Å². The lowest BCUT2D eigenvalue weighted by Gasteiger charge is -2.26. The molecule has 2 heterocycles. The number of aromatic nitrogens is 3. The van der Waals surface area contributed by atoms with Crippen molar-refractivity contribution < 1.29 is 5.21 Å². The Hall–Kier alpha value is -2.16.